The molecule has 0 fully saturated rings. The lowest BCUT2D eigenvalue weighted by molar-refractivity contribution is 0.171. The zero-order chi connectivity index (χ0) is 14.4. The molecule has 0 aliphatic heterocycles. The third-order valence-electron chi connectivity index (χ3n) is 2.79. The molecule has 1 unspecified atom stereocenters. The molecule has 1 aromatic rings. The molecule has 108 valence electrons. The van der Waals surface area contributed by atoms with Crippen molar-refractivity contribution in [3.05, 3.63) is 21.6 Å². The van der Waals surface area contributed by atoms with E-state index in [1.807, 2.05) is 19.1 Å². The molecule has 1 N–H and O–H groups in total. The highest BCUT2D eigenvalue weighted by Crippen LogP contribution is 2.37. The Morgan fingerprint density at radius 3 is 2.58 bits per heavy atom. The summed E-state index contributed by atoms with van der Waals surface area (Å²) in [6.07, 6.45) is 0. The normalized spacial score (nSPS) is 12.6. The Balaban J connectivity index is 3.03. The van der Waals surface area contributed by atoms with Crippen molar-refractivity contribution >= 4 is 33.2 Å². The number of rotatable bonds is 7. The van der Waals surface area contributed by atoms with Crippen molar-refractivity contribution in [2.75, 3.05) is 25.6 Å². The van der Waals surface area contributed by atoms with E-state index in [-0.39, 0.29) is 6.04 Å². The lowest BCUT2D eigenvalue weighted by Gasteiger charge is -2.24. The fraction of sp³-hybridized carbons (Fsp3) is 0.571. The Hall–Kier alpha value is -0.450. The average molecular weight is 351 g/mol. The largest absolute Gasteiger partial charge is 0.491 e. The highest BCUT2D eigenvalue weighted by atomic mass is 79.9. The Morgan fingerprint density at radius 1 is 1.37 bits per heavy atom. The number of anilines is 1. The number of nitrogens with one attached hydrogen (secondary N) is 1. The molecular weight excluding hydrogens is 330 g/mol. The third-order valence-corrected chi connectivity index (χ3v) is 3.60. The summed E-state index contributed by atoms with van der Waals surface area (Å²) < 4.78 is 11.8. The second-order valence-electron chi connectivity index (χ2n) is 4.65. The molecule has 0 aliphatic carbocycles. The van der Waals surface area contributed by atoms with Crippen LogP contribution in [0.25, 0.3) is 0 Å². The van der Waals surface area contributed by atoms with E-state index < -0.39 is 0 Å². The molecule has 0 spiro atoms. The summed E-state index contributed by atoms with van der Waals surface area (Å²) in [5.74, 6) is 1.22. The molecule has 0 heterocycles. The van der Waals surface area contributed by atoms with Crippen LogP contribution in [0.2, 0.25) is 5.02 Å². The van der Waals surface area contributed by atoms with E-state index in [1.54, 1.807) is 7.11 Å². The summed E-state index contributed by atoms with van der Waals surface area (Å²) >= 11 is 9.59. The minimum Gasteiger partial charge on any atom is -0.491 e. The van der Waals surface area contributed by atoms with Crippen molar-refractivity contribution in [2.45, 2.75) is 26.8 Å². The molecule has 0 radical (unpaired) electrons. The highest BCUT2D eigenvalue weighted by Gasteiger charge is 2.17. The summed E-state index contributed by atoms with van der Waals surface area (Å²) in [6.45, 7) is 7.49. The molecule has 19 heavy (non-hydrogen) atoms. The van der Waals surface area contributed by atoms with Gasteiger partial charge in [-0.2, -0.15) is 0 Å². The predicted molar refractivity (Wildman–Crippen MR) is 84.4 cm³/mol. The van der Waals surface area contributed by atoms with E-state index in [0.717, 1.165) is 15.9 Å². The van der Waals surface area contributed by atoms with Crippen LogP contribution in [-0.4, -0.2) is 26.4 Å². The van der Waals surface area contributed by atoms with Gasteiger partial charge in [0.2, 0.25) is 0 Å². The summed E-state index contributed by atoms with van der Waals surface area (Å²) in [5, 5.41) is 4.11. The summed E-state index contributed by atoms with van der Waals surface area (Å²) in [4.78, 5) is 0. The van der Waals surface area contributed by atoms with Crippen LogP contribution >= 0.6 is 27.5 Å². The van der Waals surface area contributed by atoms with Gasteiger partial charge in [-0.15, -0.1) is 0 Å². The number of halogens is 2. The Kier molecular flexibility index (Phi) is 6.97. The minimum atomic E-state index is 0.203. The van der Waals surface area contributed by atoms with Gasteiger partial charge in [-0.25, -0.2) is 0 Å². The number of ether oxygens (including phenoxy) is 2. The molecule has 1 atom stereocenters. The maximum atomic E-state index is 6.11. The van der Waals surface area contributed by atoms with Crippen LogP contribution in [0.15, 0.2) is 16.6 Å². The van der Waals surface area contributed by atoms with Crippen molar-refractivity contribution in [2.24, 2.45) is 5.92 Å². The maximum absolute atomic E-state index is 6.11. The van der Waals surface area contributed by atoms with E-state index >= 15 is 0 Å². The van der Waals surface area contributed by atoms with Crippen molar-refractivity contribution in [1.29, 1.82) is 0 Å². The van der Waals surface area contributed by atoms with Crippen LogP contribution < -0.4 is 10.1 Å². The quantitative estimate of drug-likeness (QED) is 0.780. The number of hydrogen-bond acceptors (Lipinski definition) is 3. The Morgan fingerprint density at radius 2 is 2.05 bits per heavy atom. The van der Waals surface area contributed by atoms with Gasteiger partial charge in [0, 0.05) is 12.1 Å². The first-order valence-corrected chi connectivity index (χ1v) is 7.54. The lowest BCUT2D eigenvalue weighted by Crippen LogP contribution is -2.30. The van der Waals surface area contributed by atoms with Crippen LogP contribution in [0.1, 0.15) is 20.8 Å². The van der Waals surface area contributed by atoms with Gasteiger partial charge in [0.25, 0.3) is 0 Å². The first kappa shape index (κ1) is 16.6. The first-order chi connectivity index (χ1) is 8.99. The van der Waals surface area contributed by atoms with Crippen LogP contribution in [0.5, 0.6) is 5.75 Å². The van der Waals surface area contributed by atoms with Crippen molar-refractivity contribution in [3.63, 3.8) is 0 Å². The molecule has 0 aromatic heterocycles. The van der Waals surface area contributed by atoms with Gasteiger partial charge in [-0.05, 0) is 40.9 Å². The minimum absolute atomic E-state index is 0.203. The zero-order valence-electron chi connectivity index (χ0n) is 11.8. The molecule has 0 saturated heterocycles. The van der Waals surface area contributed by atoms with Gasteiger partial charge in [0.1, 0.15) is 0 Å². The first-order valence-electron chi connectivity index (χ1n) is 6.36. The molecule has 0 aliphatic rings. The van der Waals surface area contributed by atoms with E-state index in [9.17, 15) is 0 Å². The second kappa shape index (κ2) is 7.98. The van der Waals surface area contributed by atoms with Crippen LogP contribution in [-0.2, 0) is 4.74 Å². The van der Waals surface area contributed by atoms with Crippen molar-refractivity contribution in [3.8, 4) is 5.75 Å². The van der Waals surface area contributed by atoms with Gasteiger partial charge < -0.3 is 14.8 Å². The number of hydrogen-bond donors (Lipinski definition) is 1. The Bertz CT molecular complexity index is 413. The number of methoxy groups -OCH3 is 1. The lowest BCUT2D eigenvalue weighted by atomic mass is 10.0. The fourth-order valence-electron chi connectivity index (χ4n) is 1.74. The fourth-order valence-corrected chi connectivity index (χ4v) is 2.66. The molecule has 1 rings (SSSR count). The SMILES string of the molecule is CCOc1c(Br)cc(Cl)cc1NC(COC)C(C)C. The Labute approximate surface area is 128 Å². The van der Waals surface area contributed by atoms with E-state index in [4.69, 9.17) is 21.1 Å². The van der Waals surface area contributed by atoms with Crippen LogP contribution in [0.4, 0.5) is 5.69 Å². The van der Waals surface area contributed by atoms with Crippen molar-refractivity contribution in [1.82, 2.24) is 0 Å². The maximum Gasteiger partial charge on any atom is 0.156 e. The summed E-state index contributed by atoms with van der Waals surface area (Å²) in [5.41, 5.74) is 0.886. The van der Waals surface area contributed by atoms with Crippen molar-refractivity contribution < 1.29 is 9.47 Å². The van der Waals surface area contributed by atoms with E-state index in [1.165, 1.54) is 0 Å². The molecule has 0 bridgehead atoms. The van der Waals surface area contributed by atoms with Crippen LogP contribution in [0, 0.1) is 5.92 Å². The molecular formula is C14H21BrClNO2. The molecule has 3 nitrogen and oxygen atoms in total. The molecule has 5 heteroatoms. The zero-order valence-corrected chi connectivity index (χ0v) is 14.1. The van der Waals surface area contributed by atoms with E-state index in [0.29, 0.717) is 24.2 Å². The summed E-state index contributed by atoms with van der Waals surface area (Å²) in [6, 6.07) is 3.91. The van der Waals surface area contributed by atoms with Crippen LogP contribution in [0.3, 0.4) is 0 Å². The second-order valence-corrected chi connectivity index (χ2v) is 5.94. The van der Waals surface area contributed by atoms with Gasteiger partial charge in [-0.3, -0.25) is 0 Å². The third kappa shape index (κ3) is 4.86. The molecule has 0 saturated carbocycles. The monoisotopic (exact) mass is 349 g/mol. The topological polar surface area (TPSA) is 30.5 Å². The van der Waals surface area contributed by atoms with Gasteiger partial charge in [0.15, 0.2) is 5.75 Å². The highest BCUT2D eigenvalue weighted by molar-refractivity contribution is 9.10. The van der Waals surface area contributed by atoms with Gasteiger partial charge in [-0.1, -0.05) is 25.4 Å². The number of benzene rings is 1. The molecule has 1 aromatic carbocycles. The smallest absolute Gasteiger partial charge is 0.156 e. The predicted octanol–water partition coefficient (Wildman–Crippen LogP) is 4.58. The van der Waals surface area contributed by atoms with Gasteiger partial charge >= 0.3 is 0 Å². The van der Waals surface area contributed by atoms with E-state index in [2.05, 4.69) is 35.1 Å². The van der Waals surface area contributed by atoms with Gasteiger partial charge in [0.05, 0.1) is 29.4 Å². The molecule has 0 amide bonds. The summed E-state index contributed by atoms with van der Waals surface area (Å²) in [7, 11) is 1.70. The average Bonchev–Trinajstić information content (AvgIpc) is 2.32. The standard InChI is InChI=1S/C14H21BrClNO2/c1-5-19-14-11(15)6-10(16)7-12(14)17-13(8-18-4)9(2)3/h6-7,9,13,17H,5,8H2,1-4H3.